The van der Waals surface area contributed by atoms with Gasteiger partial charge in [0, 0.05) is 33.6 Å². The summed E-state index contributed by atoms with van der Waals surface area (Å²) in [5.41, 5.74) is 4.67. The Hall–Kier alpha value is -2.87. The van der Waals surface area contributed by atoms with Gasteiger partial charge >= 0.3 is 0 Å². The van der Waals surface area contributed by atoms with Crippen molar-refractivity contribution >= 4 is 33.6 Å². The third-order valence-corrected chi connectivity index (χ3v) is 8.64. The van der Waals surface area contributed by atoms with Crippen molar-refractivity contribution in [1.29, 1.82) is 0 Å². The molecule has 0 bridgehead atoms. The molecule has 0 saturated carbocycles. The second-order valence-corrected chi connectivity index (χ2v) is 11.3. The van der Waals surface area contributed by atoms with Gasteiger partial charge in [0.2, 0.25) is 5.13 Å². The first-order valence-electron chi connectivity index (χ1n) is 12.4. The van der Waals surface area contributed by atoms with Gasteiger partial charge in [0.15, 0.2) is 5.78 Å². The number of aliphatic hydroxyl groups is 1. The highest BCUT2D eigenvalue weighted by Crippen LogP contribution is 2.40. The van der Waals surface area contributed by atoms with E-state index in [0.29, 0.717) is 17.5 Å². The minimum absolute atomic E-state index is 0.00165. The van der Waals surface area contributed by atoms with Crippen molar-refractivity contribution in [2.45, 2.75) is 52.2 Å². The van der Waals surface area contributed by atoms with Gasteiger partial charge in [0.1, 0.15) is 11.7 Å². The van der Waals surface area contributed by atoms with Gasteiger partial charge < -0.3 is 10.4 Å². The summed E-state index contributed by atoms with van der Waals surface area (Å²) in [4.78, 5) is 14.9. The van der Waals surface area contributed by atoms with Crippen molar-refractivity contribution in [2.24, 2.45) is 11.8 Å². The van der Waals surface area contributed by atoms with Crippen molar-refractivity contribution in [1.82, 2.24) is 10.2 Å². The van der Waals surface area contributed by atoms with Crippen molar-refractivity contribution in [3.8, 4) is 10.4 Å². The highest BCUT2D eigenvalue weighted by atomic mass is 32.1. The number of hydrogen-bond donors (Lipinski definition) is 2. The topological polar surface area (TPSA) is 75.1 Å². The van der Waals surface area contributed by atoms with E-state index < -0.39 is 6.23 Å². The predicted octanol–water partition coefficient (Wildman–Crippen LogP) is 7.47. The normalized spacial score (nSPS) is 14.7. The summed E-state index contributed by atoms with van der Waals surface area (Å²) in [6.07, 6.45) is 1.85. The second kappa shape index (κ2) is 12.4. The molecule has 0 spiro atoms. The maximum atomic E-state index is 12.6. The molecule has 0 amide bonds. The predicted molar refractivity (Wildman–Crippen MR) is 150 cm³/mol. The number of aromatic nitrogens is 2. The number of anilines is 1. The molecule has 0 saturated heterocycles. The van der Waals surface area contributed by atoms with Gasteiger partial charge in [-0.3, -0.25) is 4.79 Å². The van der Waals surface area contributed by atoms with E-state index in [-0.39, 0.29) is 17.6 Å². The molecule has 5 nitrogen and oxygen atoms in total. The molecule has 0 aliphatic rings. The van der Waals surface area contributed by atoms with E-state index in [4.69, 9.17) is 0 Å². The lowest BCUT2D eigenvalue weighted by Crippen LogP contribution is -2.31. The zero-order valence-electron chi connectivity index (χ0n) is 20.9. The Bertz CT molecular complexity index is 1220. The number of hydrogen-bond acceptors (Lipinski definition) is 7. The van der Waals surface area contributed by atoms with Gasteiger partial charge in [-0.15, -0.1) is 21.5 Å². The number of benzene rings is 2. The second-order valence-electron chi connectivity index (χ2n) is 9.34. The summed E-state index contributed by atoms with van der Waals surface area (Å²) in [5.74, 6) is 0.670. The lowest BCUT2D eigenvalue weighted by Gasteiger charge is -2.28. The number of carbonyl (C=O) groups is 1. The first-order valence-corrected chi connectivity index (χ1v) is 14.1. The highest BCUT2D eigenvalue weighted by Gasteiger charge is 2.29. The average Bonchev–Trinajstić information content (AvgIpc) is 3.60. The summed E-state index contributed by atoms with van der Waals surface area (Å²) in [6.45, 7) is 6.41. The SMILES string of the molecule is CCC(C)CCC(=O)c1ccc(-c2ccc(C(c3ccccc3)C(C)C(O)Nc3nncs3)s2)cc1. The third-order valence-electron chi connectivity index (χ3n) is 6.80. The maximum absolute atomic E-state index is 12.6. The van der Waals surface area contributed by atoms with E-state index >= 15 is 0 Å². The Labute approximate surface area is 221 Å². The summed E-state index contributed by atoms with van der Waals surface area (Å²) < 4.78 is 0. The van der Waals surface area contributed by atoms with Crippen LogP contribution in [-0.4, -0.2) is 27.3 Å². The van der Waals surface area contributed by atoms with Gasteiger partial charge in [-0.25, -0.2) is 0 Å². The van der Waals surface area contributed by atoms with Crippen LogP contribution in [-0.2, 0) is 0 Å². The van der Waals surface area contributed by atoms with Gasteiger partial charge in [0.25, 0.3) is 0 Å². The maximum Gasteiger partial charge on any atom is 0.207 e. The zero-order chi connectivity index (χ0) is 25.5. The molecular weight excluding hydrogens is 486 g/mol. The van der Waals surface area contributed by atoms with E-state index in [1.54, 1.807) is 16.8 Å². The number of nitrogens with one attached hydrogen (secondary N) is 1. The van der Waals surface area contributed by atoms with E-state index in [9.17, 15) is 9.90 Å². The fourth-order valence-corrected chi connectivity index (χ4v) is 6.02. The Morgan fingerprint density at radius 3 is 2.44 bits per heavy atom. The molecule has 2 heterocycles. The molecule has 4 aromatic rings. The smallest absolute Gasteiger partial charge is 0.207 e. The molecule has 4 unspecified atom stereocenters. The molecule has 2 N–H and O–H groups in total. The number of nitrogens with zero attached hydrogens (tertiary/aromatic N) is 2. The van der Waals surface area contributed by atoms with E-state index in [0.717, 1.165) is 34.4 Å². The number of aliphatic hydroxyl groups excluding tert-OH is 1. The fourth-order valence-electron chi connectivity index (χ4n) is 4.28. The van der Waals surface area contributed by atoms with E-state index in [1.807, 2.05) is 42.5 Å². The zero-order valence-corrected chi connectivity index (χ0v) is 22.6. The van der Waals surface area contributed by atoms with Crippen molar-refractivity contribution < 1.29 is 9.90 Å². The number of thiophene rings is 1. The van der Waals surface area contributed by atoms with Gasteiger partial charge in [-0.05, 0) is 35.6 Å². The third kappa shape index (κ3) is 6.46. The molecule has 36 heavy (non-hydrogen) atoms. The van der Waals surface area contributed by atoms with Crippen LogP contribution in [0.4, 0.5) is 5.13 Å². The Balaban J connectivity index is 1.53. The van der Waals surface area contributed by atoms with Crippen LogP contribution in [0, 0.1) is 11.8 Å². The molecule has 4 atom stereocenters. The quantitative estimate of drug-likeness (QED) is 0.150. The van der Waals surface area contributed by atoms with Crippen LogP contribution in [0.25, 0.3) is 10.4 Å². The first kappa shape index (κ1) is 26.2. The van der Waals surface area contributed by atoms with Crippen LogP contribution in [0.5, 0.6) is 0 Å². The number of carbonyl (C=O) groups excluding carboxylic acids is 1. The standard InChI is InChI=1S/C29H33N3O2S2/c1-4-19(2)10-15-24(33)21-11-13-22(14-12-21)25-16-17-26(36-25)27(23-8-6-5-7-9-23)20(3)28(34)31-29-32-30-18-35-29/h5-9,11-14,16-20,27-28,34H,4,10,15H2,1-3H3,(H,31,32). The van der Waals surface area contributed by atoms with E-state index in [2.05, 4.69) is 60.6 Å². The van der Waals surface area contributed by atoms with E-state index in [1.165, 1.54) is 16.2 Å². The lowest BCUT2D eigenvalue weighted by atomic mass is 9.85. The first-order chi connectivity index (χ1) is 17.5. The average molecular weight is 520 g/mol. The van der Waals surface area contributed by atoms with Crippen LogP contribution in [0.1, 0.15) is 66.8 Å². The van der Waals surface area contributed by atoms with Gasteiger partial charge in [0.05, 0.1) is 0 Å². The Morgan fingerprint density at radius 2 is 1.78 bits per heavy atom. The Kier molecular flexibility index (Phi) is 9.02. The lowest BCUT2D eigenvalue weighted by molar-refractivity contribution is 0.0974. The molecule has 0 radical (unpaired) electrons. The summed E-state index contributed by atoms with van der Waals surface area (Å²) in [7, 11) is 0. The molecule has 2 aromatic heterocycles. The van der Waals surface area contributed by atoms with Crippen molar-refractivity contribution in [3.05, 3.63) is 88.2 Å². The van der Waals surface area contributed by atoms with Gasteiger partial charge in [-0.1, -0.05) is 93.1 Å². The van der Waals surface area contributed by atoms with Crippen molar-refractivity contribution in [3.63, 3.8) is 0 Å². The summed E-state index contributed by atoms with van der Waals surface area (Å²) in [6, 6.07) is 22.5. The molecule has 2 aromatic carbocycles. The van der Waals surface area contributed by atoms with Crippen LogP contribution >= 0.6 is 22.7 Å². The fraction of sp³-hybridized carbons (Fsp3) is 0.345. The Morgan fingerprint density at radius 1 is 1.03 bits per heavy atom. The largest absolute Gasteiger partial charge is 0.373 e. The molecule has 4 rings (SSSR count). The molecule has 0 fully saturated rings. The molecule has 188 valence electrons. The number of Topliss-reactive ketones (excluding diaryl/α,β-unsaturated/α-hetero) is 1. The minimum Gasteiger partial charge on any atom is -0.373 e. The van der Waals surface area contributed by atoms with Crippen LogP contribution in [0.2, 0.25) is 0 Å². The van der Waals surface area contributed by atoms with Crippen molar-refractivity contribution in [2.75, 3.05) is 5.32 Å². The van der Waals surface area contributed by atoms with Crippen LogP contribution in [0.15, 0.2) is 72.2 Å². The summed E-state index contributed by atoms with van der Waals surface area (Å²) in [5, 5.41) is 22.5. The van der Waals surface area contributed by atoms with Gasteiger partial charge in [-0.2, -0.15) is 0 Å². The molecule has 0 aliphatic heterocycles. The summed E-state index contributed by atoms with van der Waals surface area (Å²) >= 11 is 3.09. The van der Waals surface area contributed by atoms with Crippen LogP contribution in [0.3, 0.4) is 0 Å². The molecular formula is C29H33N3O2S2. The molecule has 0 aliphatic carbocycles. The number of ketones is 1. The minimum atomic E-state index is -0.783. The monoisotopic (exact) mass is 519 g/mol. The highest BCUT2D eigenvalue weighted by molar-refractivity contribution is 7.15. The van der Waals surface area contributed by atoms with Crippen LogP contribution < -0.4 is 5.32 Å². The molecule has 7 heteroatoms. The number of rotatable bonds is 12.